The summed E-state index contributed by atoms with van der Waals surface area (Å²) in [5, 5.41) is 17.0. The Kier molecular flexibility index (Phi) is 7.62. The number of fused-ring (bicyclic) bond motifs is 1. The lowest BCUT2D eigenvalue weighted by Crippen LogP contribution is -2.49. The van der Waals surface area contributed by atoms with E-state index in [2.05, 4.69) is 47.7 Å². The van der Waals surface area contributed by atoms with Gasteiger partial charge in [0, 0.05) is 44.9 Å². The lowest BCUT2D eigenvalue weighted by atomic mass is 9.93. The highest BCUT2D eigenvalue weighted by atomic mass is 19.1. The zero-order valence-corrected chi connectivity index (χ0v) is 18.3. The smallest absolute Gasteiger partial charge is 0.217 e. The molecule has 1 aliphatic rings. The summed E-state index contributed by atoms with van der Waals surface area (Å²) >= 11 is 0. The van der Waals surface area contributed by atoms with Gasteiger partial charge in [-0.05, 0) is 54.2 Å². The predicted molar refractivity (Wildman–Crippen MR) is 118 cm³/mol. The van der Waals surface area contributed by atoms with Crippen molar-refractivity contribution in [1.82, 2.24) is 10.6 Å². The summed E-state index contributed by atoms with van der Waals surface area (Å²) in [5.41, 5.74) is 4.01. The van der Waals surface area contributed by atoms with Gasteiger partial charge in [-0.2, -0.15) is 0 Å². The van der Waals surface area contributed by atoms with Gasteiger partial charge in [-0.1, -0.05) is 19.1 Å². The number of benzene rings is 2. The molecule has 1 unspecified atom stereocenters. The molecular formula is C24H31F2N3O2. The van der Waals surface area contributed by atoms with Crippen molar-refractivity contribution >= 4 is 11.6 Å². The van der Waals surface area contributed by atoms with Crippen LogP contribution in [-0.2, 0) is 17.6 Å². The third-order valence-electron chi connectivity index (χ3n) is 5.84. The topological polar surface area (TPSA) is 64.6 Å². The highest BCUT2D eigenvalue weighted by Gasteiger charge is 2.26. The van der Waals surface area contributed by atoms with Crippen LogP contribution in [-0.4, -0.2) is 43.3 Å². The van der Waals surface area contributed by atoms with Crippen molar-refractivity contribution in [3.05, 3.63) is 64.7 Å². The molecule has 0 bridgehead atoms. The van der Waals surface area contributed by atoms with E-state index in [-0.39, 0.29) is 24.9 Å². The second kappa shape index (κ2) is 10.2. The first kappa shape index (κ1) is 23.2. The number of halogens is 2. The maximum Gasteiger partial charge on any atom is 0.217 e. The summed E-state index contributed by atoms with van der Waals surface area (Å²) in [7, 11) is 2.07. The number of rotatable bonds is 8. The first-order chi connectivity index (χ1) is 14.8. The van der Waals surface area contributed by atoms with Gasteiger partial charge in [0.05, 0.1) is 12.1 Å². The van der Waals surface area contributed by atoms with Gasteiger partial charge in [-0.25, -0.2) is 8.78 Å². The molecule has 0 aliphatic carbocycles. The van der Waals surface area contributed by atoms with Crippen molar-refractivity contribution in [1.29, 1.82) is 0 Å². The van der Waals surface area contributed by atoms with E-state index >= 15 is 0 Å². The number of carbonyl (C=O) groups is 1. The van der Waals surface area contributed by atoms with Crippen molar-refractivity contribution in [2.24, 2.45) is 0 Å². The van der Waals surface area contributed by atoms with Gasteiger partial charge < -0.3 is 20.6 Å². The van der Waals surface area contributed by atoms with Gasteiger partial charge in [0.15, 0.2) is 0 Å². The molecule has 1 aliphatic heterocycles. The first-order valence-corrected chi connectivity index (χ1v) is 10.7. The Labute approximate surface area is 182 Å². The predicted octanol–water partition coefficient (Wildman–Crippen LogP) is 3.11. The monoisotopic (exact) mass is 431 g/mol. The van der Waals surface area contributed by atoms with E-state index in [4.69, 9.17) is 0 Å². The molecule has 31 heavy (non-hydrogen) atoms. The molecule has 3 N–H and O–H groups in total. The van der Waals surface area contributed by atoms with E-state index in [0.29, 0.717) is 5.56 Å². The number of carbonyl (C=O) groups excluding carboxylic acids is 1. The molecule has 0 spiro atoms. The normalized spacial score (nSPS) is 17.7. The zero-order valence-electron chi connectivity index (χ0n) is 18.3. The van der Waals surface area contributed by atoms with Crippen molar-refractivity contribution in [2.75, 3.05) is 25.0 Å². The van der Waals surface area contributed by atoms with Crippen LogP contribution in [0.4, 0.5) is 14.5 Å². The summed E-state index contributed by atoms with van der Waals surface area (Å²) in [5.74, 6) is -1.67. The molecule has 2 aromatic carbocycles. The van der Waals surface area contributed by atoms with E-state index in [1.807, 2.05) is 0 Å². The van der Waals surface area contributed by atoms with E-state index in [1.165, 1.54) is 35.9 Å². The highest BCUT2D eigenvalue weighted by molar-refractivity contribution is 5.73. The summed E-state index contributed by atoms with van der Waals surface area (Å²) in [6.45, 7) is 4.61. The molecule has 0 fully saturated rings. The fourth-order valence-electron chi connectivity index (χ4n) is 4.19. The van der Waals surface area contributed by atoms with Crippen LogP contribution in [0.15, 0.2) is 36.4 Å². The van der Waals surface area contributed by atoms with E-state index in [1.54, 1.807) is 0 Å². The van der Waals surface area contributed by atoms with Crippen LogP contribution in [0.3, 0.4) is 0 Å². The van der Waals surface area contributed by atoms with Crippen LogP contribution in [0.2, 0.25) is 0 Å². The number of amides is 1. The Morgan fingerprint density at radius 2 is 1.90 bits per heavy atom. The molecular weight excluding hydrogens is 400 g/mol. The number of nitrogens with one attached hydrogen (secondary N) is 2. The largest absolute Gasteiger partial charge is 0.390 e. The number of aliphatic hydroxyl groups is 1. The van der Waals surface area contributed by atoms with Crippen molar-refractivity contribution < 1.29 is 18.7 Å². The number of aryl methyl sites for hydroxylation is 1. The quantitative estimate of drug-likeness (QED) is 0.601. The van der Waals surface area contributed by atoms with Gasteiger partial charge >= 0.3 is 0 Å². The molecule has 7 heteroatoms. The Balaban J connectivity index is 1.71. The Bertz CT molecular complexity index is 901. The van der Waals surface area contributed by atoms with Gasteiger partial charge in [0.25, 0.3) is 0 Å². The van der Waals surface area contributed by atoms with Crippen LogP contribution in [0, 0.1) is 11.6 Å². The second-order valence-electron chi connectivity index (χ2n) is 8.27. The number of anilines is 1. The standard InChI is InChI=1S/C24H31F2N3O2/c1-4-16-5-6-23-20(11-16)21(7-8-29(23)3)27-14-24(31)22(28-15(2)30)12-17-9-18(25)13-19(26)10-17/h5-6,9-11,13,21-22,24,27,31H,4,7-8,12,14H2,1-3H3,(H,28,30)/t21?,22-,24+/m0/s1. The minimum atomic E-state index is -0.923. The molecule has 5 nitrogen and oxygen atoms in total. The third-order valence-corrected chi connectivity index (χ3v) is 5.84. The van der Waals surface area contributed by atoms with Crippen LogP contribution in [0.25, 0.3) is 0 Å². The first-order valence-electron chi connectivity index (χ1n) is 10.7. The van der Waals surface area contributed by atoms with Gasteiger partial charge in [-0.3, -0.25) is 4.79 Å². The fourth-order valence-corrected chi connectivity index (χ4v) is 4.19. The van der Waals surface area contributed by atoms with Crippen LogP contribution < -0.4 is 15.5 Å². The average Bonchev–Trinajstić information content (AvgIpc) is 2.71. The molecule has 1 heterocycles. The van der Waals surface area contributed by atoms with Gasteiger partial charge in [0.1, 0.15) is 11.6 Å². The number of hydrogen-bond acceptors (Lipinski definition) is 4. The molecule has 3 rings (SSSR count). The molecule has 0 saturated heterocycles. The van der Waals surface area contributed by atoms with E-state index < -0.39 is 23.8 Å². The lowest BCUT2D eigenvalue weighted by Gasteiger charge is -2.35. The molecule has 0 radical (unpaired) electrons. The second-order valence-corrected chi connectivity index (χ2v) is 8.27. The maximum absolute atomic E-state index is 13.6. The maximum atomic E-state index is 13.6. The van der Waals surface area contributed by atoms with Gasteiger partial charge in [0.2, 0.25) is 5.91 Å². The fraction of sp³-hybridized carbons (Fsp3) is 0.458. The third kappa shape index (κ3) is 6.02. The van der Waals surface area contributed by atoms with Crippen LogP contribution in [0.5, 0.6) is 0 Å². The Morgan fingerprint density at radius 3 is 2.55 bits per heavy atom. The average molecular weight is 432 g/mol. The Hall–Kier alpha value is -2.51. The molecule has 1 amide bonds. The summed E-state index contributed by atoms with van der Waals surface area (Å²) < 4.78 is 27.1. The summed E-state index contributed by atoms with van der Waals surface area (Å²) in [6.07, 6.45) is 1.04. The molecule has 0 aromatic heterocycles. The number of hydrogen-bond donors (Lipinski definition) is 3. The van der Waals surface area contributed by atoms with Crippen molar-refractivity contribution in [3.63, 3.8) is 0 Å². The number of aliphatic hydroxyl groups excluding tert-OH is 1. The van der Waals surface area contributed by atoms with Crippen molar-refractivity contribution in [2.45, 2.75) is 51.3 Å². The van der Waals surface area contributed by atoms with Crippen LogP contribution in [0.1, 0.15) is 43.0 Å². The highest BCUT2D eigenvalue weighted by Crippen LogP contribution is 2.33. The van der Waals surface area contributed by atoms with Gasteiger partial charge in [-0.15, -0.1) is 0 Å². The molecule has 168 valence electrons. The summed E-state index contributed by atoms with van der Waals surface area (Å²) in [4.78, 5) is 13.9. The minimum absolute atomic E-state index is 0.0805. The SMILES string of the molecule is CCc1ccc2c(c1)C(NC[C@@H](O)[C@H](Cc1cc(F)cc(F)c1)NC(C)=O)CCN2C. The summed E-state index contributed by atoms with van der Waals surface area (Å²) in [6, 6.07) is 9.13. The molecule has 0 saturated carbocycles. The Morgan fingerprint density at radius 1 is 1.19 bits per heavy atom. The van der Waals surface area contributed by atoms with E-state index in [9.17, 15) is 18.7 Å². The van der Waals surface area contributed by atoms with E-state index in [0.717, 1.165) is 25.5 Å². The lowest BCUT2D eigenvalue weighted by molar-refractivity contribution is -0.120. The molecule has 2 aromatic rings. The van der Waals surface area contributed by atoms with Crippen LogP contribution >= 0.6 is 0 Å². The number of nitrogens with zero attached hydrogens (tertiary/aromatic N) is 1. The molecule has 3 atom stereocenters. The van der Waals surface area contributed by atoms with Crippen molar-refractivity contribution in [3.8, 4) is 0 Å². The zero-order chi connectivity index (χ0) is 22.5. The minimum Gasteiger partial charge on any atom is -0.390 e.